The molecule has 4 heteroatoms. The molecule has 0 bridgehead atoms. The van der Waals surface area contributed by atoms with Crippen molar-refractivity contribution < 1.29 is 19.5 Å². The summed E-state index contributed by atoms with van der Waals surface area (Å²) < 4.78 is 5.67. The van der Waals surface area contributed by atoms with Crippen molar-refractivity contribution in [1.82, 2.24) is 0 Å². The highest BCUT2D eigenvalue weighted by atomic mass is 16.5. The summed E-state index contributed by atoms with van der Waals surface area (Å²) in [7, 11) is 0. The topological polar surface area (TPSA) is 53.8 Å². The minimum Gasteiger partial charge on any atom is -0.545 e. The summed E-state index contributed by atoms with van der Waals surface area (Å²) in [5.41, 5.74) is 0.167. The summed E-state index contributed by atoms with van der Waals surface area (Å²) in [6.45, 7) is 5.19. The van der Waals surface area contributed by atoms with Crippen molar-refractivity contribution in [1.29, 1.82) is 0 Å². The van der Waals surface area contributed by atoms with Crippen molar-refractivity contribution in [3.63, 3.8) is 0 Å². The average Bonchev–Trinajstić information content (AvgIpc) is 2.56. The van der Waals surface area contributed by atoms with Gasteiger partial charge in [-0.25, -0.2) is 0 Å². The van der Waals surface area contributed by atoms with E-state index in [1.54, 1.807) is 17.0 Å². The van der Waals surface area contributed by atoms with E-state index in [9.17, 15) is 9.90 Å². The van der Waals surface area contributed by atoms with E-state index in [1.807, 2.05) is 0 Å². The van der Waals surface area contributed by atoms with Crippen molar-refractivity contribution in [2.24, 2.45) is 0 Å². The first-order chi connectivity index (χ1) is 10.7. The summed E-state index contributed by atoms with van der Waals surface area (Å²) in [5, 5.41) is 10.8. The SMILES string of the molecule is CC[NH+](CCCOc1cccc(C(=O)[O-])c1)C1CCCCC1. The van der Waals surface area contributed by atoms with Gasteiger partial charge in [-0.3, -0.25) is 0 Å². The van der Waals surface area contributed by atoms with Crippen LogP contribution >= 0.6 is 0 Å². The third kappa shape index (κ3) is 5.02. The molecule has 0 aromatic heterocycles. The summed E-state index contributed by atoms with van der Waals surface area (Å²) in [5.74, 6) is -0.554. The first-order valence-electron chi connectivity index (χ1n) is 8.49. The number of hydrogen-bond donors (Lipinski definition) is 1. The molecule has 1 atom stereocenters. The predicted octanol–water partition coefficient (Wildman–Crippen LogP) is 1.06. The second-order valence-corrected chi connectivity index (χ2v) is 6.11. The molecule has 1 fully saturated rings. The van der Waals surface area contributed by atoms with Gasteiger partial charge in [-0.05, 0) is 44.7 Å². The number of carbonyl (C=O) groups is 1. The molecule has 22 heavy (non-hydrogen) atoms. The quantitative estimate of drug-likeness (QED) is 0.731. The van der Waals surface area contributed by atoms with Crippen LogP contribution in [0.3, 0.4) is 0 Å². The summed E-state index contributed by atoms with van der Waals surface area (Å²) in [4.78, 5) is 12.5. The molecule has 1 aromatic carbocycles. The molecule has 1 aromatic rings. The molecule has 0 spiro atoms. The molecule has 0 heterocycles. The molecule has 1 aliphatic carbocycles. The van der Waals surface area contributed by atoms with Crippen molar-refractivity contribution in [3.05, 3.63) is 29.8 Å². The molecule has 0 saturated heterocycles. The highest BCUT2D eigenvalue weighted by Gasteiger charge is 2.22. The van der Waals surface area contributed by atoms with Gasteiger partial charge in [-0.15, -0.1) is 0 Å². The zero-order chi connectivity index (χ0) is 15.8. The Bertz CT molecular complexity index is 469. The van der Waals surface area contributed by atoms with E-state index in [1.165, 1.54) is 50.8 Å². The smallest absolute Gasteiger partial charge is 0.119 e. The third-order valence-electron chi connectivity index (χ3n) is 4.62. The standard InChI is InChI=1S/C18H27NO3/c1-2-19(16-9-4-3-5-10-16)12-7-13-22-17-11-6-8-15(14-17)18(20)21/h6,8,11,14,16H,2-5,7,9-10,12-13H2,1H3,(H,20,21). The molecule has 1 unspecified atom stereocenters. The van der Waals surface area contributed by atoms with Crippen molar-refractivity contribution in [3.8, 4) is 5.75 Å². The van der Waals surface area contributed by atoms with E-state index in [0.29, 0.717) is 12.4 Å². The first kappa shape index (κ1) is 16.8. The molecule has 2 rings (SSSR count). The number of benzene rings is 1. The second kappa shape index (κ2) is 8.79. The van der Waals surface area contributed by atoms with Crippen LogP contribution in [-0.2, 0) is 0 Å². The molecule has 1 aliphatic rings. The molecule has 0 radical (unpaired) electrons. The molecule has 0 amide bonds. The Morgan fingerprint density at radius 1 is 1.32 bits per heavy atom. The number of rotatable bonds is 8. The monoisotopic (exact) mass is 305 g/mol. The van der Waals surface area contributed by atoms with E-state index in [2.05, 4.69) is 6.92 Å². The maximum atomic E-state index is 10.8. The number of carboxylic acids is 1. The van der Waals surface area contributed by atoms with Crippen LogP contribution in [0.5, 0.6) is 5.75 Å². The molecule has 0 aliphatic heterocycles. The van der Waals surface area contributed by atoms with Gasteiger partial charge in [-0.2, -0.15) is 0 Å². The Hall–Kier alpha value is -1.55. The van der Waals surface area contributed by atoms with Gasteiger partial charge in [-0.1, -0.05) is 18.6 Å². The number of nitrogens with one attached hydrogen (secondary N) is 1. The van der Waals surface area contributed by atoms with E-state index in [-0.39, 0.29) is 5.56 Å². The zero-order valence-electron chi connectivity index (χ0n) is 13.5. The fraction of sp³-hybridized carbons (Fsp3) is 0.611. The normalized spacial score (nSPS) is 17.1. The van der Waals surface area contributed by atoms with Crippen LogP contribution in [-0.4, -0.2) is 31.7 Å². The van der Waals surface area contributed by atoms with Gasteiger partial charge in [0, 0.05) is 12.0 Å². The zero-order valence-corrected chi connectivity index (χ0v) is 13.5. The lowest BCUT2D eigenvalue weighted by molar-refractivity contribution is -0.925. The number of ether oxygens (including phenoxy) is 1. The first-order valence-corrected chi connectivity index (χ1v) is 8.49. The van der Waals surface area contributed by atoms with Gasteiger partial charge in [0.2, 0.25) is 0 Å². The van der Waals surface area contributed by atoms with Gasteiger partial charge in [0.25, 0.3) is 0 Å². The molecular formula is C18H27NO3. The summed E-state index contributed by atoms with van der Waals surface area (Å²) in [6.07, 6.45) is 7.86. The maximum Gasteiger partial charge on any atom is 0.119 e. The van der Waals surface area contributed by atoms with Crippen molar-refractivity contribution in [2.75, 3.05) is 19.7 Å². The number of carbonyl (C=O) groups excluding carboxylic acids is 1. The maximum absolute atomic E-state index is 10.8. The Balaban J connectivity index is 1.73. The van der Waals surface area contributed by atoms with Gasteiger partial charge in [0.05, 0.1) is 31.7 Å². The predicted molar refractivity (Wildman–Crippen MR) is 84.1 cm³/mol. The fourth-order valence-corrected chi connectivity index (χ4v) is 3.38. The minimum atomic E-state index is -1.16. The summed E-state index contributed by atoms with van der Waals surface area (Å²) in [6, 6.07) is 7.35. The van der Waals surface area contributed by atoms with Crippen molar-refractivity contribution in [2.45, 2.75) is 51.5 Å². The largest absolute Gasteiger partial charge is 0.545 e. The van der Waals surface area contributed by atoms with Crippen LogP contribution in [0.2, 0.25) is 0 Å². The van der Waals surface area contributed by atoms with E-state index in [4.69, 9.17) is 4.74 Å². The lowest BCUT2D eigenvalue weighted by atomic mass is 9.94. The van der Waals surface area contributed by atoms with Crippen LogP contribution in [0.4, 0.5) is 0 Å². The Kier molecular flexibility index (Phi) is 6.72. The van der Waals surface area contributed by atoms with Crippen molar-refractivity contribution >= 4 is 5.97 Å². The second-order valence-electron chi connectivity index (χ2n) is 6.11. The van der Waals surface area contributed by atoms with Gasteiger partial charge < -0.3 is 19.5 Å². The lowest BCUT2D eigenvalue weighted by Gasteiger charge is -2.30. The van der Waals surface area contributed by atoms with E-state index < -0.39 is 5.97 Å². The highest BCUT2D eigenvalue weighted by molar-refractivity contribution is 5.86. The fourth-order valence-electron chi connectivity index (χ4n) is 3.38. The Morgan fingerprint density at radius 2 is 2.09 bits per heavy atom. The van der Waals surface area contributed by atoms with Crippen LogP contribution in [0.15, 0.2) is 24.3 Å². The average molecular weight is 305 g/mol. The molecule has 122 valence electrons. The molecule has 1 N–H and O–H groups in total. The number of hydrogen-bond acceptors (Lipinski definition) is 3. The summed E-state index contributed by atoms with van der Waals surface area (Å²) >= 11 is 0. The van der Waals surface area contributed by atoms with E-state index >= 15 is 0 Å². The van der Waals surface area contributed by atoms with Crippen LogP contribution in [0.1, 0.15) is 55.8 Å². The molecular weight excluding hydrogens is 278 g/mol. The van der Waals surface area contributed by atoms with Gasteiger partial charge in [0.1, 0.15) is 5.75 Å². The minimum absolute atomic E-state index is 0.167. The Labute approximate surface area is 133 Å². The third-order valence-corrected chi connectivity index (χ3v) is 4.62. The van der Waals surface area contributed by atoms with Crippen LogP contribution in [0.25, 0.3) is 0 Å². The number of carboxylic acid groups (broad SMARTS) is 1. The van der Waals surface area contributed by atoms with Crippen LogP contribution in [0, 0.1) is 0 Å². The number of aromatic carboxylic acids is 1. The lowest BCUT2D eigenvalue weighted by Crippen LogP contribution is -3.15. The van der Waals surface area contributed by atoms with Gasteiger partial charge in [0.15, 0.2) is 0 Å². The van der Waals surface area contributed by atoms with Gasteiger partial charge >= 0.3 is 0 Å². The number of quaternary nitrogens is 1. The van der Waals surface area contributed by atoms with E-state index in [0.717, 1.165) is 19.0 Å². The molecule has 4 nitrogen and oxygen atoms in total. The highest BCUT2D eigenvalue weighted by Crippen LogP contribution is 2.15. The molecule has 1 saturated carbocycles. The van der Waals surface area contributed by atoms with Crippen LogP contribution < -0.4 is 14.7 Å². The Morgan fingerprint density at radius 3 is 2.77 bits per heavy atom.